The van der Waals surface area contributed by atoms with Gasteiger partial charge in [0.25, 0.3) is 0 Å². The molecule has 0 unspecified atom stereocenters. The van der Waals surface area contributed by atoms with Gasteiger partial charge in [-0.05, 0) is 0 Å². The van der Waals surface area contributed by atoms with Gasteiger partial charge in [-0.1, -0.05) is 0 Å². The normalized spacial score (nSPS) is 8.62. The van der Waals surface area contributed by atoms with E-state index in [1.54, 1.807) is 0 Å². The van der Waals surface area contributed by atoms with Crippen LogP contribution in [0.1, 0.15) is 1.43 Å². The summed E-state index contributed by atoms with van der Waals surface area (Å²) in [7, 11) is 0. The molecule has 0 aliphatic heterocycles. The van der Waals surface area contributed by atoms with Crippen LogP contribution in [0.25, 0.3) is 11.0 Å². The Bertz CT molecular complexity index is 313. The Morgan fingerprint density at radius 2 is 1.54 bits per heavy atom. The van der Waals surface area contributed by atoms with Crippen LogP contribution in [0.2, 0.25) is 0 Å². The second kappa shape index (κ2) is 5.89. The molecule has 0 bridgehead atoms. The van der Waals surface area contributed by atoms with Crippen LogP contribution in [0.3, 0.4) is 0 Å². The summed E-state index contributed by atoms with van der Waals surface area (Å²) in [5.41, 5.74) is 2.55. The first-order valence-corrected chi connectivity index (χ1v) is 4.07. The van der Waals surface area contributed by atoms with Gasteiger partial charge in [-0.2, -0.15) is 0 Å². The third kappa shape index (κ3) is 3.15. The van der Waals surface area contributed by atoms with Crippen molar-refractivity contribution in [1.29, 1.82) is 0 Å². The third-order valence-corrected chi connectivity index (χ3v) is 1.88. The Morgan fingerprint density at radius 3 is 2.15 bits per heavy atom. The summed E-state index contributed by atoms with van der Waals surface area (Å²) >= 11 is 0. The average molecular weight is 192 g/mol. The molecule has 1 aromatic heterocycles. The number of rotatable bonds is 1. The van der Waals surface area contributed by atoms with Crippen LogP contribution >= 0.6 is 0 Å². The molecular formula is C11H10BK. The summed E-state index contributed by atoms with van der Waals surface area (Å²) in [6.07, 6.45) is 0. The van der Waals surface area contributed by atoms with Crippen LogP contribution in [-0.4, -0.2) is 6.91 Å². The molecule has 0 aliphatic rings. The molecule has 2 aromatic rings. The fourth-order valence-corrected chi connectivity index (χ4v) is 1.26. The van der Waals surface area contributed by atoms with E-state index in [9.17, 15) is 0 Å². The Morgan fingerprint density at radius 1 is 0.846 bits per heavy atom. The van der Waals surface area contributed by atoms with E-state index < -0.39 is 0 Å². The molecule has 2 heteroatoms. The van der Waals surface area contributed by atoms with Crippen molar-refractivity contribution in [2.24, 2.45) is 0 Å². The van der Waals surface area contributed by atoms with E-state index in [1.807, 2.05) is 12.1 Å². The number of benzene rings is 1. The van der Waals surface area contributed by atoms with Crippen molar-refractivity contribution in [3.05, 3.63) is 54.5 Å². The zero-order valence-electron chi connectivity index (χ0n) is 8.77. The summed E-state index contributed by atoms with van der Waals surface area (Å²) in [4.78, 5) is 0. The van der Waals surface area contributed by atoms with Gasteiger partial charge in [-0.25, -0.2) is 0 Å². The fraction of sp³-hybridized carbons (Fsp3) is 0. The van der Waals surface area contributed by atoms with Gasteiger partial charge in [0, 0.05) is 0 Å². The van der Waals surface area contributed by atoms with E-state index in [-0.39, 0.29) is 52.8 Å². The van der Waals surface area contributed by atoms with E-state index >= 15 is 0 Å². The quantitative estimate of drug-likeness (QED) is 0.549. The second-order valence-corrected chi connectivity index (χ2v) is 2.73. The molecule has 1 aromatic carbocycles. The van der Waals surface area contributed by atoms with Crippen LogP contribution in [0.4, 0.5) is 0 Å². The minimum absolute atomic E-state index is 0. The molecule has 0 amide bonds. The minimum atomic E-state index is 0. The van der Waals surface area contributed by atoms with Gasteiger partial charge in [0.2, 0.25) is 0 Å². The molecule has 13 heavy (non-hydrogen) atoms. The first kappa shape index (κ1) is 11.3. The third-order valence-electron chi connectivity index (χ3n) is 1.88. The number of hydrogen-bond acceptors (Lipinski definition) is 0. The zero-order valence-corrected chi connectivity index (χ0v) is 10.9. The molecule has 58 valence electrons. The molecule has 0 fully saturated rings. The summed E-state index contributed by atoms with van der Waals surface area (Å²) < 4.78 is 0. The van der Waals surface area contributed by atoms with Gasteiger partial charge in [0.1, 0.15) is 0 Å². The predicted octanol–water partition coefficient (Wildman–Crippen LogP) is -0.192. The predicted molar refractivity (Wildman–Crippen MR) is 54.3 cm³/mol. The van der Waals surface area contributed by atoms with Crippen molar-refractivity contribution in [2.75, 3.05) is 0 Å². The number of hydrogen-bond donors (Lipinski definition) is 0. The maximum absolute atomic E-state index is 2.12. The summed E-state index contributed by atoms with van der Waals surface area (Å²) in [6, 6.07) is 16.6. The molecule has 0 spiro atoms. The Hall–Kier alpha value is 0.271. The van der Waals surface area contributed by atoms with Crippen LogP contribution in [0.5, 0.6) is 0 Å². The van der Waals surface area contributed by atoms with Crippen molar-refractivity contribution in [1.82, 2.24) is 0 Å². The van der Waals surface area contributed by atoms with Gasteiger partial charge in [0.05, 0.1) is 0 Å². The summed E-state index contributed by atoms with van der Waals surface area (Å²) in [5, 5.41) is 0. The van der Waals surface area contributed by atoms with Crippen molar-refractivity contribution < 1.29 is 52.8 Å². The Kier molecular flexibility index (Phi) is 5.14. The molecule has 0 aliphatic carbocycles. The Balaban J connectivity index is 0.000000845. The fourth-order valence-electron chi connectivity index (χ4n) is 1.26. The summed E-state index contributed by atoms with van der Waals surface area (Å²) in [5.74, 6) is 2.06. The van der Waals surface area contributed by atoms with E-state index in [0.29, 0.717) is 0 Å². The first-order valence-electron chi connectivity index (χ1n) is 4.07. The van der Waals surface area contributed by atoms with Crippen LogP contribution in [0, 0.1) is 0 Å². The van der Waals surface area contributed by atoms with Crippen LogP contribution < -0.4 is 51.4 Å². The Labute approximate surface area is 123 Å². The van der Waals surface area contributed by atoms with E-state index in [1.165, 1.54) is 11.0 Å². The zero-order chi connectivity index (χ0) is 8.23. The summed E-state index contributed by atoms with van der Waals surface area (Å²) in [6.45, 7) is 2.12. The van der Waals surface area contributed by atoms with Crippen molar-refractivity contribution in [2.45, 2.75) is 0 Å². The first-order chi connectivity index (χ1) is 5.97. The molecule has 1 heterocycles. The van der Waals surface area contributed by atoms with Gasteiger partial charge < -0.3 is 1.43 Å². The monoisotopic (exact) mass is 192 g/mol. The molecule has 2 rings (SSSR count). The molecule has 0 saturated carbocycles. The van der Waals surface area contributed by atoms with E-state index in [0.717, 1.165) is 0 Å². The molecule has 0 atom stereocenters. The van der Waals surface area contributed by atoms with Crippen molar-refractivity contribution >= 4 is 6.91 Å². The molecule has 0 N–H and O–H groups in total. The van der Waals surface area contributed by atoms with Gasteiger partial charge >= 0.3 is 124 Å². The van der Waals surface area contributed by atoms with E-state index in [2.05, 4.69) is 49.3 Å². The van der Waals surface area contributed by atoms with E-state index in [4.69, 9.17) is 0 Å². The molecule has 0 nitrogen and oxygen atoms in total. The molecule has 0 saturated heterocycles. The van der Waals surface area contributed by atoms with Crippen LogP contribution in [0.15, 0.2) is 54.5 Å². The SMILES string of the molecule is [H-].[K+].b1ccccc1-c1ccccc1. The molecular weight excluding hydrogens is 182 g/mol. The average Bonchev–Trinajstić information content (AvgIpc) is 2.21. The maximum atomic E-state index is 2.12. The second-order valence-electron chi connectivity index (χ2n) is 2.73. The standard InChI is InChI=1S/C11H9B.K.H/c1-2-6-10(7-3-1)11-8-4-5-9-12-11;;/h1-9H;;/q;+1;-1. The van der Waals surface area contributed by atoms with Crippen molar-refractivity contribution in [3.8, 4) is 11.0 Å². The van der Waals surface area contributed by atoms with Crippen molar-refractivity contribution in [3.63, 3.8) is 0 Å². The van der Waals surface area contributed by atoms with Crippen LogP contribution in [-0.2, 0) is 0 Å². The molecule has 0 radical (unpaired) electrons. The van der Waals surface area contributed by atoms with Gasteiger partial charge in [-0.3, -0.25) is 0 Å². The van der Waals surface area contributed by atoms with Gasteiger partial charge in [0.15, 0.2) is 0 Å². The topological polar surface area (TPSA) is 0 Å². The van der Waals surface area contributed by atoms with Gasteiger partial charge in [-0.15, -0.1) is 0 Å².